The number of anilines is 1. The largest absolute Gasteiger partial charge is 0.282 e. The molecular formula is C15H13NO2S. The highest BCUT2D eigenvalue weighted by atomic mass is 32.2. The standard InChI is InChI=1S/C15H13NO2S/c1-2-14-10-6-7-11-15(14)16-19(17,18)12-13-8-4-3-5-9-13/h1,3-11,16H,12H2. The van der Waals surface area contributed by atoms with Crippen molar-refractivity contribution >= 4 is 15.7 Å². The first-order chi connectivity index (χ1) is 9.11. The van der Waals surface area contributed by atoms with Gasteiger partial charge in [0, 0.05) is 5.56 Å². The Morgan fingerprint density at radius 1 is 1.00 bits per heavy atom. The molecule has 0 aliphatic heterocycles. The minimum Gasteiger partial charge on any atom is -0.282 e. The SMILES string of the molecule is C#Cc1ccccc1NS(=O)(=O)Cc1ccccc1. The van der Waals surface area contributed by atoms with Crippen molar-refractivity contribution in [1.82, 2.24) is 0 Å². The summed E-state index contributed by atoms with van der Waals surface area (Å²) in [7, 11) is -3.47. The van der Waals surface area contributed by atoms with Gasteiger partial charge in [-0.05, 0) is 17.7 Å². The minimum atomic E-state index is -3.47. The van der Waals surface area contributed by atoms with Gasteiger partial charge in [-0.2, -0.15) is 0 Å². The van der Waals surface area contributed by atoms with Crippen molar-refractivity contribution in [3.8, 4) is 12.3 Å². The van der Waals surface area contributed by atoms with Crippen LogP contribution in [0.2, 0.25) is 0 Å². The van der Waals surface area contributed by atoms with Crippen LogP contribution >= 0.6 is 0 Å². The van der Waals surface area contributed by atoms with Gasteiger partial charge >= 0.3 is 0 Å². The predicted octanol–water partition coefficient (Wildman–Crippen LogP) is 2.61. The van der Waals surface area contributed by atoms with Crippen LogP contribution in [0.3, 0.4) is 0 Å². The highest BCUT2D eigenvalue weighted by Crippen LogP contribution is 2.17. The molecule has 0 fully saturated rings. The molecule has 2 aromatic rings. The molecule has 4 heteroatoms. The van der Waals surface area contributed by atoms with Crippen molar-refractivity contribution in [1.29, 1.82) is 0 Å². The van der Waals surface area contributed by atoms with Crippen molar-refractivity contribution in [3.63, 3.8) is 0 Å². The normalized spacial score (nSPS) is 10.7. The van der Waals surface area contributed by atoms with Crippen molar-refractivity contribution in [2.45, 2.75) is 5.75 Å². The molecule has 0 aliphatic carbocycles. The predicted molar refractivity (Wildman–Crippen MR) is 77.1 cm³/mol. The monoisotopic (exact) mass is 271 g/mol. The molecule has 0 radical (unpaired) electrons. The number of rotatable bonds is 4. The van der Waals surface area contributed by atoms with E-state index in [1.54, 1.807) is 48.5 Å². The van der Waals surface area contributed by atoms with Crippen molar-refractivity contribution in [2.24, 2.45) is 0 Å². The second-order valence-corrected chi connectivity index (χ2v) is 5.76. The molecule has 0 saturated heterocycles. The Labute approximate surface area is 113 Å². The van der Waals surface area contributed by atoms with Gasteiger partial charge in [-0.1, -0.05) is 48.4 Å². The molecular weight excluding hydrogens is 258 g/mol. The molecule has 2 aromatic carbocycles. The Morgan fingerprint density at radius 3 is 2.32 bits per heavy atom. The van der Waals surface area contributed by atoms with Crippen LogP contribution in [0.15, 0.2) is 54.6 Å². The van der Waals surface area contributed by atoms with Gasteiger partial charge in [0.1, 0.15) is 0 Å². The highest BCUT2D eigenvalue weighted by molar-refractivity contribution is 7.91. The summed E-state index contributed by atoms with van der Waals surface area (Å²) in [4.78, 5) is 0. The van der Waals surface area contributed by atoms with E-state index in [-0.39, 0.29) is 5.75 Å². The smallest absolute Gasteiger partial charge is 0.236 e. The average Bonchev–Trinajstić information content (AvgIpc) is 2.39. The van der Waals surface area contributed by atoms with Gasteiger partial charge in [0.25, 0.3) is 0 Å². The molecule has 0 atom stereocenters. The maximum absolute atomic E-state index is 12.1. The zero-order valence-electron chi connectivity index (χ0n) is 10.2. The maximum Gasteiger partial charge on any atom is 0.236 e. The van der Waals surface area contributed by atoms with Crippen molar-refractivity contribution in [3.05, 3.63) is 65.7 Å². The zero-order valence-corrected chi connectivity index (χ0v) is 11.0. The van der Waals surface area contributed by atoms with Gasteiger partial charge in [0.2, 0.25) is 10.0 Å². The molecule has 96 valence electrons. The number of benzene rings is 2. The van der Waals surface area contributed by atoms with E-state index in [4.69, 9.17) is 6.42 Å². The molecule has 0 saturated carbocycles. The first-order valence-corrected chi connectivity index (χ1v) is 7.36. The molecule has 0 bridgehead atoms. The van der Waals surface area contributed by atoms with Gasteiger partial charge in [0.15, 0.2) is 0 Å². The van der Waals surface area contributed by atoms with Gasteiger partial charge in [0.05, 0.1) is 11.4 Å². The Bertz CT molecular complexity index is 700. The fraction of sp³-hybridized carbons (Fsp3) is 0.0667. The lowest BCUT2D eigenvalue weighted by atomic mass is 10.2. The summed E-state index contributed by atoms with van der Waals surface area (Å²) in [6.45, 7) is 0. The fourth-order valence-corrected chi connectivity index (χ4v) is 2.91. The second kappa shape index (κ2) is 5.59. The number of sulfonamides is 1. The van der Waals surface area contributed by atoms with E-state index < -0.39 is 10.0 Å². The third kappa shape index (κ3) is 3.60. The van der Waals surface area contributed by atoms with E-state index in [1.165, 1.54) is 0 Å². The zero-order chi connectivity index (χ0) is 13.7. The summed E-state index contributed by atoms with van der Waals surface area (Å²) in [6.07, 6.45) is 5.34. The quantitative estimate of drug-likeness (QED) is 0.869. The maximum atomic E-state index is 12.1. The minimum absolute atomic E-state index is 0.0766. The fourth-order valence-electron chi connectivity index (χ4n) is 1.70. The molecule has 2 rings (SSSR count). The topological polar surface area (TPSA) is 46.2 Å². The summed E-state index contributed by atoms with van der Waals surface area (Å²) >= 11 is 0. The van der Waals surface area contributed by atoms with Crippen LogP contribution in [0, 0.1) is 12.3 Å². The number of nitrogens with one attached hydrogen (secondary N) is 1. The summed E-state index contributed by atoms with van der Waals surface area (Å²) in [5, 5.41) is 0. The van der Waals surface area contributed by atoms with E-state index in [0.717, 1.165) is 5.56 Å². The lowest BCUT2D eigenvalue weighted by Gasteiger charge is -2.09. The summed E-state index contributed by atoms with van der Waals surface area (Å²) in [5.41, 5.74) is 1.69. The van der Waals surface area contributed by atoms with Crippen LogP contribution in [0.25, 0.3) is 0 Å². The van der Waals surface area contributed by atoms with Crippen LogP contribution < -0.4 is 4.72 Å². The average molecular weight is 271 g/mol. The summed E-state index contributed by atoms with van der Waals surface area (Å²) < 4.78 is 26.6. The molecule has 0 spiro atoms. The van der Waals surface area contributed by atoms with Crippen LogP contribution in [0.1, 0.15) is 11.1 Å². The molecule has 0 amide bonds. The Hall–Kier alpha value is -2.25. The molecule has 19 heavy (non-hydrogen) atoms. The molecule has 3 nitrogen and oxygen atoms in total. The first kappa shape index (κ1) is 13.2. The van der Waals surface area contributed by atoms with E-state index >= 15 is 0 Å². The Kier molecular flexibility index (Phi) is 3.88. The van der Waals surface area contributed by atoms with Gasteiger partial charge in [-0.15, -0.1) is 6.42 Å². The van der Waals surface area contributed by atoms with Gasteiger partial charge in [-0.3, -0.25) is 4.72 Å². The van der Waals surface area contributed by atoms with Gasteiger partial charge in [-0.25, -0.2) is 8.42 Å². The third-order valence-corrected chi connectivity index (χ3v) is 3.79. The summed E-state index contributed by atoms with van der Waals surface area (Å²) in [6, 6.07) is 15.8. The highest BCUT2D eigenvalue weighted by Gasteiger charge is 2.12. The number of hydrogen-bond donors (Lipinski definition) is 1. The molecule has 0 heterocycles. The lowest BCUT2D eigenvalue weighted by Crippen LogP contribution is -2.15. The van der Waals surface area contributed by atoms with E-state index in [1.807, 2.05) is 6.07 Å². The number of terminal acetylenes is 1. The lowest BCUT2D eigenvalue weighted by molar-refractivity contribution is 0.600. The van der Waals surface area contributed by atoms with E-state index in [9.17, 15) is 8.42 Å². The van der Waals surface area contributed by atoms with E-state index in [0.29, 0.717) is 11.3 Å². The molecule has 0 aromatic heterocycles. The van der Waals surface area contributed by atoms with Crippen LogP contribution in [-0.4, -0.2) is 8.42 Å². The Balaban J connectivity index is 2.21. The Morgan fingerprint density at radius 2 is 1.63 bits per heavy atom. The summed E-state index contributed by atoms with van der Waals surface area (Å²) in [5.74, 6) is 2.38. The van der Waals surface area contributed by atoms with E-state index in [2.05, 4.69) is 10.6 Å². The number of para-hydroxylation sites is 1. The second-order valence-electron chi connectivity index (χ2n) is 4.04. The number of hydrogen-bond acceptors (Lipinski definition) is 2. The molecule has 0 aliphatic rings. The van der Waals surface area contributed by atoms with Crippen molar-refractivity contribution in [2.75, 3.05) is 4.72 Å². The molecule has 1 N–H and O–H groups in total. The van der Waals surface area contributed by atoms with Crippen LogP contribution in [0.5, 0.6) is 0 Å². The van der Waals surface area contributed by atoms with Crippen LogP contribution in [0.4, 0.5) is 5.69 Å². The van der Waals surface area contributed by atoms with Gasteiger partial charge < -0.3 is 0 Å². The van der Waals surface area contributed by atoms with Crippen LogP contribution in [-0.2, 0) is 15.8 Å². The van der Waals surface area contributed by atoms with Crippen molar-refractivity contribution < 1.29 is 8.42 Å². The third-order valence-electron chi connectivity index (χ3n) is 2.55. The molecule has 0 unspecified atom stereocenters. The first-order valence-electron chi connectivity index (χ1n) is 5.71.